The number of aromatic nitrogens is 11. The molecule has 0 aliphatic rings. The summed E-state index contributed by atoms with van der Waals surface area (Å²) in [5, 5.41) is 0. The summed E-state index contributed by atoms with van der Waals surface area (Å²) in [6.45, 7) is 7.67. The maximum atomic E-state index is 10.3. The van der Waals surface area contributed by atoms with Gasteiger partial charge in [0, 0.05) is 44.6 Å². The number of nitrogens with zero attached hydrogens (tertiary/aromatic N) is 11. The van der Waals surface area contributed by atoms with E-state index in [0.717, 1.165) is 97.5 Å². The van der Waals surface area contributed by atoms with Crippen molar-refractivity contribution >= 4 is 93.5 Å². The smallest absolute Gasteiger partial charge is 0.452 e. The van der Waals surface area contributed by atoms with E-state index < -0.39 is 15.1 Å². The first-order valence-electron chi connectivity index (χ1n) is 31.4. The van der Waals surface area contributed by atoms with Crippen LogP contribution in [0.2, 0.25) is 0 Å². The minimum atomic E-state index is -0.931. The van der Waals surface area contributed by atoms with Gasteiger partial charge in [0.1, 0.15) is 24.0 Å². The molecule has 0 unspecified atom stereocenters. The van der Waals surface area contributed by atoms with Crippen LogP contribution in [-0.2, 0) is 28.0 Å². The van der Waals surface area contributed by atoms with Crippen molar-refractivity contribution in [3.05, 3.63) is 338 Å². The Bertz CT molecular complexity index is 4880. The molecule has 0 N–H and O–H groups in total. The van der Waals surface area contributed by atoms with E-state index in [9.17, 15) is 4.79 Å². The largest absolute Gasteiger partial charge is 1.00 e. The number of hydrogen-bond donors (Lipinski definition) is 0. The molecule has 0 bridgehead atoms. The van der Waals surface area contributed by atoms with Gasteiger partial charge in [0.05, 0.1) is 87.4 Å². The van der Waals surface area contributed by atoms with Gasteiger partial charge < -0.3 is 29.0 Å². The molecule has 8 heterocycles. The standard InChI is InChI=1S/C19H15N3O.C19H13N3O.C10H7NO2.C9H8N2.C9H7NO.C6H5I.C4H9.C3H3NO.CH4.2ClH.Li.Zn/c2*1-2-6-14(7-3-1)19-21-13-16(23-19)11-10-15-12-20-17-8-4-5-9-18(17)22-15;12-7-9-6-11-10(13-9)8-4-2-1-3-5-8;1-7-6-10-8-4-2-3-5-9(8)11-7;1-2-4-8(5-3-1)9-10-6-7-11-9;7-6-4-2-1-3-5-6;1-3-4-2;1-2-5-3-4-1;;;;;/h1-9,12-13H,10-11H2;1-13H;1-7H;2-6H,1H3;1-7H;1-5H;1,3-4H2,2H3;1-3H;1H4;2*1H;;/q;;;;;;-1;;;;;+1;+2/p-2. The predicted octanol–water partition coefficient (Wildman–Crippen LogP) is 18.6. The second-order valence-electron chi connectivity index (χ2n) is 20.6. The molecule has 0 aliphatic carbocycles. The number of aldehydes is 1. The Morgan fingerprint density at radius 2 is 0.892 bits per heavy atom. The fraction of sp³-hybridized carbons (Fsp3) is 0.0875. The number of oxazole rings is 5. The number of para-hydroxylation sites is 6. The molecular weight excluding hydrogens is 1480 g/mol. The van der Waals surface area contributed by atoms with Gasteiger partial charge in [0.2, 0.25) is 23.6 Å². The van der Waals surface area contributed by atoms with E-state index in [1.54, 1.807) is 43.4 Å². The zero-order chi connectivity index (χ0) is 70.0. The molecule has 8 aromatic carbocycles. The van der Waals surface area contributed by atoms with Gasteiger partial charge in [0.15, 0.2) is 18.4 Å². The van der Waals surface area contributed by atoms with E-state index in [1.165, 1.54) is 28.8 Å². The summed E-state index contributed by atoms with van der Waals surface area (Å²) in [7, 11) is 9.90. The molecule has 16 aromatic rings. The van der Waals surface area contributed by atoms with Crippen LogP contribution < -0.4 is 18.9 Å². The normalized spacial score (nSPS) is 9.82. The number of unbranched alkanes of at least 4 members (excludes halogenated alkanes) is 1. The minimum Gasteiger partial charge on any atom is -0.452 e. The molecule has 0 spiro atoms. The predicted molar refractivity (Wildman–Crippen MR) is 407 cm³/mol. The maximum absolute atomic E-state index is 10.3. The van der Waals surface area contributed by atoms with E-state index in [1.807, 2.05) is 238 Å². The Balaban J connectivity index is 0.000000192. The van der Waals surface area contributed by atoms with Gasteiger partial charge >= 0.3 is 53.4 Å². The monoisotopic (exact) mass is 1550 g/mol. The second kappa shape index (κ2) is 47.0. The summed E-state index contributed by atoms with van der Waals surface area (Å²) in [4.78, 5) is 57.0. The SMILES string of the molecule is C.C(=Cc1cnc(-c2ccccc2)o1)c1cnc2ccccc2n1.Cc1cnc2ccccc2n1.Ic1ccccc1.O=Cc1cnc(-c2ccccc2)o1.[CH2-]CCC.[Cl][Zn][Cl].[Li+].c1ccc(-c2ncc(CCc3cnc4ccccc4n3)o2)cc1.c1ccc(-c2ncco2)cc1.c1cocn1. The van der Waals surface area contributed by atoms with Crippen molar-refractivity contribution in [2.75, 3.05) is 0 Å². The summed E-state index contributed by atoms with van der Waals surface area (Å²) in [6, 6.07) is 72.7. The molecule has 0 saturated heterocycles. The third-order valence-electron chi connectivity index (χ3n) is 13.2. The van der Waals surface area contributed by atoms with E-state index in [-0.39, 0.29) is 32.0 Å². The first-order valence-corrected chi connectivity index (χ1v) is 40.3. The number of hydrogen-bond acceptors (Lipinski definition) is 17. The average Bonchev–Trinajstić information content (AvgIpc) is 1.46. The number of benzene rings is 8. The molecule has 0 amide bonds. The van der Waals surface area contributed by atoms with Gasteiger partial charge in [-0.2, -0.15) is 6.42 Å². The van der Waals surface area contributed by atoms with E-state index in [0.29, 0.717) is 35.6 Å². The topological polar surface area (TPSA) is 225 Å². The van der Waals surface area contributed by atoms with Gasteiger partial charge in [0.25, 0.3) is 0 Å². The Kier molecular flexibility index (Phi) is 37.2. The number of rotatable bonds is 11. The van der Waals surface area contributed by atoms with Crippen molar-refractivity contribution in [1.29, 1.82) is 0 Å². The zero-order valence-electron chi connectivity index (χ0n) is 55.7. The van der Waals surface area contributed by atoms with Crippen molar-refractivity contribution in [2.24, 2.45) is 0 Å². The number of aryl methyl sites for hydroxylation is 3. The molecule has 506 valence electrons. The molecule has 17 nitrogen and oxygen atoms in total. The van der Waals surface area contributed by atoms with Gasteiger partial charge in [-0.3, -0.25) is 19.7 Å². The fourth-order valence-electron chi connectivity index (χ4n) is 8.44. The first-order chi connectivity index (χ1) is 49.2. The Morgan fingerprint density at radius 3 is 1.33 bits per heavy atom. The van der Waals surface area contributed by atoms with E-state index in [2.05, 4.69) is 108 Å². The number of carbonyl (C=O) groups is 1. The number of carbonyl (C=O) groups excluding carboxylic acids is 1. The summed E-state index contributed by atoms with van der Waals surface area (Å²) in [6.07, 6.45) is 26.1. The molecule has 22 heteroatoms. The molecule has 8 aromatic heterocycles. The van der Waals surface area contributed by atoms with Crippen molar-refractivity contribution in [3.63, 3.8) is 0 Å². The van der Waals surface area contributed by atoms with Crippen LogP contribution >= 0.6 is 42.0 Å². The summed E-state index contributed by atoms with van der Waals surface area (Å²) >= 11 is 1.35. The van der Waals surface area contributed by atoms with Crippen LogP contribution in [0, 0.1) is 17.4 Å². The maximum Gasteiger partial charge on any atom is 1.00 e. The third kappa shape index (κ3) is 28.4. The quantitative estimate of drug-likeness (QED) is 0.0508. The number of fused-ring (bicyclic) bond motifs is 3. The molecule has 0 aliphatic heterocycles. The molecule has 0 fully saturated rings. The van der Waals surface area contributed by atoms with Crippen LogP contribution in [0.5, 0.6) is 0 Å². The van der Waals surface area contributed by atoms with Crippen LogP contribution in [0.25, 0.3) is 91.1 Å². The summed E-state index contributed by atoms with van der Waals surface area (Å²) in [5.41, 5.74) is 12.1. The first kappa shape index (κ1) is 80.7. The van der Waals surface area contributed by atoms with Crippen LogP contribution in [0.1, 0.15) is 66.3 Å². The molecule has 0 saturated carbocycles. The van der Waals surface area contributed by atoms with Crippen LogP contribution in [0.4, 0.5) is 0 Å². The average molecular weight is 1550 g/mol. The van der Waals surface area contributed by atoms with Crippen LogP contribution in [-0.4, -0.2) is 61.1 Å². The zero-order valence-corrected chi connectivity index (χ0v) is 62.3. The molecule has 16 rings (SSSR count). The third-order valence-corrected chi connectivity index (χ3v) is 14.0. The molecule has 0 radical (unpaired) electrons. The van der Waals surface area contributed by atoms with E-state index >= 15 is 0 Å². The van der Waals surface area contributed by atoms with Crippen LogP contribution in [0.3, 0.4) is 0 Å². The molecule has 0 atom stereocenters. The summed E-state index contributed by atoms with van der Waals surface area (Å²) in [5.74, 6) is 4.20. The Morgan fingerprint density at radius 1 is 0.461 bits per heavy atom. The van der Waals surface area contributed by atoms with Crippen molar-refractivity contribution in [2.45, 2.75) is 47.0 Å². The fourth-order valence-corrected chi connectivity index (χ4v) is 8.86. The van der Waals surface area contributed by atoms with Crippen molar-refractivity contribution in [1.82, 2.24) is 54.8 Å². The Hall–Kier alpha value is -10.2. The van der Waals surface area contributed by atoms with Gasteiger partial charge in [-0.1, -0.05) is 148 Å². The van der Waals surface area contributed by atoms with Gasteiger partial charge in [-0.05, 0) is 145 Å². The number of halogens is 3. The second-order valence-corrected chi connectivity index (χ2v) is 26.4. The van der Waals surface area contributed by atoms with Crippen molar-refractivity contribution in [3.8, 4) is 45.8 Å². The molecule has 102 heavy (non-hydrogen) atoms. The Labute approximate surface area is 634 Å². The van der Waals surface area contributed by atoms with Gasteiger partial charge in [-0.25, -0.2) is 39.9 Å². The van der Waals surface area contributed by atoms with Crippen molar-refractivity contribution < 1.29 is 60.9 Å². The van der Waals surface area contributed by atoms with E-state index in [4.69, 9.17) is 37.1 Å². The minimum absolute atomic E-state index is 0. The molecular formula is C80H71Cl2ILiN11O6Zn. The van der Waals surface area contributed by atoms with Gasteiger partial charge in [-0.15, -0.1) is 0 Å². The van der Waals surface area contributed by atoms with Crippen LogP contribution in [0.15, 0.2) is 315 Å². The summed E-state index contributed by atoms with van der Waals surface area (Å²) < 4.78 is 27.6.